The molecule has 0 aliphatic carbocycles. The van der Waals surface area contributed by atoms with Crippen molar-refractivity contribution in [1.82, 2.24) is 10.3 Å². The van der Waals surface area contributed by atoms with E-state index in [9.17, 15) is 18.4 Å². The average molecular weight is 387 g/mol. The highest BCUT2D eigenvalue weighted by atomic mass is 35.5. The number of thioether (sulfide) groups is 1. The van der Waals surface area contributed by atoms with Crippen molar-refractivity contribution in [2.45, 2.75) is 17.3 Å². The molecule has 1 aromatic heterocycles. The summed E-state index contributed by atoms with van der Waals surface area (Å²) in [6, 6.07) is 9.61. The summed E-state index contributed by atoms with van der Waals surface area (Å²) >= 11 is 5.90. The van der Waals surface area contributed by atoms with Gasteiger partial charge in [0.15, 0.2) is 6.61 Å². The molecule has 0 aliphatic heterocycles. The van der Waals surface area contributed by atoms with Gasteiger partial charge < -0.3 is 10.1 Å². The number of rotatable bonds is 7. The maximum Gasteiger partial charge on any atom is 0.341 e. The van der Waals surface area contributed by atoms with E-state index in [1.807, 2.05) is 0 Å². The molecule has 0 saturated heterocycles. The molecule has 2 aromatic rings. The van der Waals surface area contributed by atoms with Crippen molar-refractivity contribution < 1.29 is 23.1 Å². The van der Waals surface area contributed by atoms with Crippen LogP contribution in [0.2, 0.25) is 5.02 Å². The van der Waals surface area contributed by atoms with Crippen molar-refractivity contribution >= 4 is 35.2 Å². The van der Waals surface area contributed by atoms with Crippen LogP contribution in [0.3, 0.4) is 0 Å². The summed E-state index contributed by atoms with van der Waals surface area (Å²) in [4.78, 5) is 27.4. The van der Waals surface area contributed by atoms with Crippen LogP contribution < -0.4 is 5.32 Å². The first kappa shape index (κ1) is 19.1. The number of carbonyl (C=O) groups is 2. The number of benzene rings is 1. The number of carbonyl (C=O) groups excluding carboxylic acids is 2. The van der Waals surface area contributed by atoms with Crippen LogP contribution in [0.1, 0.15) is 15.9 Å². The number of esters is 1. The van der Waals surface area contributed by atoms with Crippen LogP contribution in [-0.2, 0) is 16.1 Å². The summed E-state index contributed by atoms with van der Waals surface area (Å²) in [5.74, 6) is -4.13. The summed E-state index contributed by atoms with van der Waals surface area (Å²) in [5.41, 5.74) is 0.713. The number of hydrogen-bond acceptors (Lipinski definition) is 5. The molecule has 5 nitrogen and oxygen atoms in total. The second-order valence-electron chi connectivity index (χ2n) is 4.71. The monoisotopic (exact) mass is 386 g/mol. The topological polar surface area (TPSA) is 68.3 Å². The molecule has 132 valence electrons. The molecule has 1 amide bonds. The number of pyridine rings is 1. The lowest BCUT2D eigenvalue weighted by molar-refractivity contribution is -0.124. The lowest BCUT2D eigenvalue weighted by Crippen LogP contribution is -2.28. The Kier molecular flexibility index (Phi) is 7.15. The highest BCUT2D eigenvalue weighted by Gasteiger charge is 2.18. The smallest absolute Gasteiger partial charge is 0.341 e. The Morgan fingerprint density at radius 3 is 2.64 bits per heavy atom. The van der Waals surface area contributed by atoms with E-state index < -0.39 is 24.2 Å². The van der Waals surface area contributed by atoms with Crippen molar-refractivity contribution in [2.75, 3.05) is 6.61 Å². The van der Waals surface area contributed by atoms with Crippen molar-refractivity contribution in [1.29, 1.82) is 0 Å². The van der Waals surface area contributed by atoms with Crippen LogP contribution in [0.4, 0.5) is 8.78 Å². The van der Waals surface area contributed by atoms with E-state index in [1.165, 1.54) is 18.3 Å². The first-order valence-corrected chi connectivity index (χ1v) is 8.29. The molecule has 1 aromatic carbocycles. The third-order valence-corrected chi connectivity index (χ3v) is 3.91. The first-order chi connectivity index (χ1) is 12.0. The van der Waals surface area contributed by atoms with Gasteiger partial charge in [-0.1, -0.05) is 23.7 Å². The number of hydrogen-bond donors (Lipinski definition) is 1. The van der Waals surface area contributed by atoms with Crippen molar-refractivity contribution in [3.05, 3.63) is 58.7 Å². The van der Waals surface area contributed by atoms with E-state index in [1.54, 1.807) is 24.3 Å². The van der Waals surface area contributed by atoms with Crippen LogP contribution in [0.25, 0.3) is 0 Å². The quantitative estimate of drug-likeness (QED) is 0.582. The number of alkyl halides is 2. The summed E-state index contributed by atoms with van der Waals surface area (Å²) in [5, 5.41) is 3.00. The van der Waals surface area contributed by atoms with Gasteiger partial charge in [0.2, 0.25) is 0 Å². The minimum absolute atomic E-state index is 0.113. The Balaban J connectivity index is 1.85. The molecular formula is C16H13ClF2N2O3S. The van der Waals surface area contributed by atoms with Gasteiger partial charge in [0.1, 0.15) is 5.03 Å². The van der Waals surface area contributed by atoms with Crippen LogP contribution >= 0.6 is 23.4 Å². The maximum atomic E-state index is 12.5. The second kappa shape index (κ2) is 9.33. The van der Waals surface area contributed by atoms with Crippen LogP contribution in [-0.4, -0.2) is 29.2 Å². The zero-order valence-corrected chi connectivity index (χ0v) is 14.3. The fraction of sp³-hybridized carbons (Fsp3) is 0.188. The van der Waals surface area contributed by atoms with E-state index in [4.69, 9.17) is 16.3 Å². The van der Waals surface area contributed by atoms with Crippen LogP contribution in [0, 0.1) is 0 Å². The predicted octanol–water partition coefficient (Wildman–Crippen LogP) is 3.52. The van der Waals surface area contributed by atoms with E-state index in [0.29, 0.717) is 5.02 Å². The van der Waals surface area contributed by atoms with Crippen LogP contribution in [0.5, 0.6) is 0 Å². The lowest BCUT2D eigenvalue weighted by atomic mass is 10.2. The fourth-order valence-electron chi connectivity index (χ4n) is 1.79. The maximum absolute atomic E-state index is 12.5. The second-order valence-corrected chi connectivity index (χ2v) is 6.13. The average Bonchev–Trinajstić information content (AvgIpc) is 2.59. The third-order valence-electron chi connectivity index (χ3n) is 2.93. The number of halogens is 3. The number of nitrogens with one attached hydrogen (secondary N) is 1. The van der Waals surface area contributed by atoms with Gasteiger partial charge in [-0.2, -0.15) is 8.78 Å². The van der Waals surface area contributed by atoms with Crippen LogP contribution in [0.15, 0.2) is 47.6 Å². The van der Waals surface area contributed by atoms with Crippen molar-refractivity contribution in [3.63, 3.8) is 0 Å². The Morgan fingerprint density at radius 1 is 1.24 bits per heavy atom. The molecule has 1 heterocycles. The van der Waals surface area contributed by atoms with Gasteiger partial charge in [-0.25, -0.2) is 9.78 Å². The number of aromatic nitrogens is 1. The largest absolute Gasteiger partial charge is 0.452 e. The number of amides is 1. The minimum atomic E-state index is -2.72. The van der Waals surface area contributed by atoms with Crippen molar-refractivity contribution in [2.24, 2.45) is 0 Å². The molecule has 0 atom stereocenters. The fourth-order valence-corrected chi connectivity index (χ4v) is 2.48. The molecule has 0 spiro atoms. The van der Waals surface area contributed by atoms with Crippen molar-refractivity contribution in [3.8, 4) is 0 Å². The van der Waals surface area contributed by atoms with Gasteiger partial charge in [-0.3, -0.25) is 4.79 Å². The number of ether oxygens (including phenoxy) is 1. The van der Waals surface area contributed by atoms with E-state index in [-0.39, 0.29) is 28.9 Å². The molecule has 0 bridgehead atoms. The molecule has 1 N–H and O–H groups in total. The van der Waals surface area contributed by atoms with Gasteiger partial charge in [0.05, 0.1) is 5.56 Å². The van der Waals surface area contributed by atoms with Gasteiger partial charge in [0.25, 0.3) is 11.7 Å². The summed E-state index contributed by atoms with van der Waals surface area (Å²) in [6.45, 7) is -0.285. The molecular weight excluding hydrogens is 374 g/mol. The standard InChI is InChI=1S/C16H13ClF2N2O3S/c17-11-5-3-10(4-6-11)8-21-13(22)9-24-15(23)12-2-1-7-20-14(12)25-16(18)19/h1-7,16H,8-9H2,(H,21,22). The molecule has 0 radical (unpaired) electrons. The summed E-state index contributed by atoms with van der Waals surface area (Å²) < 4.78 is 29.8. The SMILES string of the molecule is O=C(COC(=O)c1cccnc1SC(F)F)NCc1ccc(Cl)cc1. The Morgan fingerprint density at radius 2 is 1.96 bits per heavy atom. The van der Waals surface area contributed by atoms with E-state index in [0.717, 1.165) is 5.56 Å². The van der Waals surface area contributed by atoms with Gasteiger partial charge in [-0.05, 0) is 41.6 Å². The summed E-state index contributed by atoms with van der Waals surface area (Å²) in [7, 11) is 0. The molecule has 0 saturated carbocycles. The lowest BCUT2D eigenvalue weighted by Gasteiger charge is -2.09. The third kappa shape index (κ3) is 6.32. The molecule has 25 heavy (non-hydrogen) atoms. The normalized spacial score (nSPS) is 10.6. The zero-order valence-electron chi connectivity index (χ0n) is 12.7. The van der Waals surface area contributed by atoms with E-state index >= 15 is 0 Å². The Hall–Kier alpha value is -2.19. The summed E-state index contributed by atoms with van der Waals surface area (Å²) in [6.07, 6.45) is 1.29. The zero-order chi connectivity index (χ0) is 18.2. The Labute approximate surface area is 151 Å². The Bertz CT molecular complexity index is 744. The molecule has 9 heteroatoms. The molecule has 2 rings (SSSR count). The van der Waals surface area contributed by atoms with Gasteiger partial charge in [0, 0.05) is 17.8 Å². The first-order valence-electron chi connectivity index (χ1n) is 7.04. The van der Waals surface area contributed by atoms with E-state index in [2.05, 4.69) is 10.3 Å². The molecule has 0 aliphatic rings. The molecule has 0 unspecified atom stereocenters. The number of nitrogens with zero attached hydrogens (tertiary/aromatic N) is 1. The highest BCUT2D eigenvalue weighted by Crippen LogP contribution is 2.26. The van der Waals surface area contributed by atoms with Gasteiger partial charge in [-0.15, -0.1) is 0 Å². The minimum Gasteiger partial charge on any atom is -0.452 e. The molecule has 0 fully saturated rings. The van der Waals surface area contributed by atoms with Gasteiger partial charge >= 0.3 is 5.97 Å². The predicted molar refractivity (Wildman–Crippen MR) is 89.7 cm³/mol. The highest BCUT2D eigenvalue weighted by molar-refractivity contribution is 7.99.